The highest BCUT2D eigenvalue weighted by molar-refractivity contribution is 5.96. The number of nitrogens with zero attached hydrogens (tertiary/aromatic N) is 1. The van der Waals surface area contributed by atoms with Crippen molar-refractivity contribution >= 4 is 22.4 Å². The smallest absolute Gasteiger partial charge is 0.272 e. The fourth-order valence-electron chi connectivity index (χ4n) is 3.34. The van der Waals surface area contributed by atoms with Crippen LogP contribution in [0.1, 0.15) is 56.4 Å². The third-order valence-electron chi connectivity index (χ3n) is 4.74. The summed E-state index contributed by atoms with van der Waals surface area (Å²) in [5, 5.41) is 10.9. The van der Waals surface area contributed by atoms with E-state index in [9.17, 15) is 9.59 Å². The fraction of sp³-hybridized carbons (Fsp3) is 0.318. The van der Waals surface area contributed by atoms with E-state index >= 15 is 0 Å². The van der Waals surface area contributed by atoms with Gasteiger partial charge in [-0.2, -0.15) is 5.10 Å². The first-order valence-corrected chi connectivity index (χ1v) is 9.27. The van der Waals surface area contributed by atoms with Gasteiger partial charge < -0.3 is 5.32 Å². The Balaban J connectivity index is 1.94. The lowest BCUT2D eigenvalue weighted by Gasteiger charge is -2.20. The van der Waals surface area contributed by atoms with E-state index in [1.54, 1.807) is 12.1 Å². The van der Waals surface area contributed by atoms with Gasteiger partial charge in [0.05, 0.1) is 17.5 Å². The molecule has 1 heterocycles. The van der Waals surface area contributed by atoms with Crippen LogP contribution in [-0.2, 0) is 11.2 Å². The Bertz CT molecular complexity index is 1010. The number of fused-ring (bicyclic) bond motifs is 1. The lowest BCUT2D eigenvalue weighted by molar-refractivity contribution is -0.115. The minimum Gasteiger partial charge on any atom is -0.325 e. The number of amides is 1. The summed E-state index contributed by atoms with van der Waals surface area (Å²) < 4.78 is 0. The van der Waals surface area contributed by atoms with Crippen molar-refractivity contribution in [2.45, 2.75) is 46.0 Å². The Morgan fingerprint density at radius 2 is 1.56 bits per heavy atom. The summed E-state index contributed by atoms with van der Waals surface area (Å²) in [4.78, 5) is 24.7. The lowest BCUT2D eigenvalue weighted by atomic mass is 9.92. The van der Waals surface area contributed by atoms with Crippen molar-refractivity contribution in [1.29, 1.82) is 0 Å². The average Bonchev–Trinajstić information content (AvgIpc) is 2.64. The highest BCUT2D eigenvalue weighted by atomic mass is 16.1. The molecule has 3 rings (SSSR count). The monoisotopic (exact) mass is 363 g/mol. The van der Waals surface area contributed by atoms with Gasteiger partial charge in [0.15, 0.2) is 0 Å². The number of rotatable bonds is 5. The summed E-state index contributed by atoms with van der Waals surface area (Å²) >= 11 is 0. The highest BCUT2D eigenvalue weighted by Gasteiger charge is 2.17. The van der Waals surface area contributed by atoms with Gasteiger partial charge in [-0.25, -0.2) is 5.10 Å². The van der Waals surface area contributed by atoms with E-state index in [2.05, 4.69) is 55.3 Å². The van der Waals surface area contributed by atoms with Crippen LogP contribution in [0.5, 0.6) is 0 Å². The minimum absolute atomic E-state index is 0.0985. The number of anilines is 1. The van der Waals surface area contributed by atoms with Crippen molar-refractivity contribution < 1.29 is 4.79 Å². The van der Waals surface area contributed by atoms with Gasteiger partial charge in [-0.1, -0.05) is 64.1 Å². The van der Waals surface area contributed by atoms with Crippen molar-refractivity contribution in [2.24, 2.45) is 0 Å². The van der Waals surface area contributed by atoms with Gasteiger partial charge in [0.1, 0.15) is 0 Å². The molecule has 5 nitrogen and oxygen atoms in total. The molecule has 0 saturated heterocycles. The van der Waals surface area contributed by atoms with E-state index in [1.165, 1.54) is 0 Å². The summed E-state index contributed by atoms with van der Waals surface area (Å²) in [7, 11) is 0. The predicted octanol–water partition coefficient (Wildman–Crippen LogP) is 4.35. The Hall–Kier alpha value is -2.95. The van der Waals surface area contributed by atoms with Crippen LogP contribution in [0.3, 0.4) is 0 Å². The zero-order chi connectivity index (χ0) is 19.6. The zero-order valence-electron chi connectivity index (χ0n) is 16.2. The SMILES string of the molecule is CC(C)c1cccc(C(C)C)c1NC(=O)Cc1n[nH]c(=O)c2ccccc12. The largest absolute Gasteiger partial charge is 0.325 e. The molecule has 2 N–H and O–H groups in total. The molecule has 3 aromatic rings. The fourth-order valence-corrected chi connectivity index (χ4v) is 3.34. The molecule has 0 aliphatic rings. The summed E-state index contributed by atoms with van der Waals surface area (Å²) in [6.07, 6.45) is 0.0985. The summed E-state index contributed by atoms with van der Waals surface area (Å²) in [5.41, 5.74) is 3.45. The summed E-state index contributed by atoms with van der Waals surface area (Å²) in [6, 6.07) is 13.4. The van der Waals surface area contributed by atoms with Gasteiger partial charge in [0.2, 0.25) is 5.91 Å². The van der Waals surface area contributed by atoms with Gasteiger partial charge in [0.25, 0.3) is 5.56 Å². The molecule has 0 saturated carbocycles. The number of aromatic nitrogens is 2. The van der Waals surface area contributed by atoms with Gasteiger partial charge >= 0.3 is 0 Å². The molecular weight excluding hydrogens is 338 g/mol. The molecule has 1 amide bonds. The van der Waals surface area contributed by atoms with Crippen molar-refractivity contribution in [3.8, 4) is 0 Å². The number of para-hydroxylation sites is 1. The number of carbonyl (C=O) groups excluding carboxylic acids is 1. The van der Waals surface area contributed by atoms with Crippen LogP contribution in [-0.4, -0.2) is 16.1 Å². The van der Waals surface area contributed by atoms with Crippen LogP contribution in [0.25, 0.3) is 10.8 Å². The maximum absolute atomic E-state index is 12.8. The Morgan fingerprint density at radius 3 is 2.15 bits per heavy atom. The number of carbonyl (C=O) groups is 1. The van der Waals surface area contributed by atoms with Crippen molar-refractivity contribution in [3.63, 3.8) is 0 Å². The molecule has 0 bridgehead atoms. The molecule has 5 heteroatoms. The molecule has 0 aliphatic heterocycles. The van der Waals surface area contributed by atoms with Gasteiger partial charge in [-0.15, -0.1) is 0 Å². The van der Waals surface area contributed by atoms with Crippen LogP contribution in [0.15, 0.2) is 47.3 Å². The first-order chi connectivity index (χ1) is 12.9. The van der Waals surface area contributed by atoms with E-state index in [1.807, 2.05) is 18.2 Å². The molecule has 1 aromatic heterocycles. The molecule has 0 atom stereocenters. The van der Waals surface area contributed by atoms with E-state index < -0.39 is 0 Å². The first kappa shape index (κ1) is 18.8. The molecule has 140 valence electrons. The molecular formula is C22H25N3O2. The second-order valence-electron chi connectivity index (χ2n) is 7.39. The lowest BCUT2D eigenvalue weighted by Crippen LogP contribution is -2.20. The standard InChI is InChI=1S/C22H25N3O2/c1-13(2)15-10-7-11-16(14(3)4)21(15)23-20(26)12-19-17-8-5-6-9-18(17)22(27)25-24-19/h5-11,13-14H,12H2,1-4H3,(H,23,26)(H,25,27). The normalized spacial score (nSPS) is 11.3. The van der Waals surface area contributed by atoms with Crippen LogP contribution < -0.4 is 10.9 Å². The van der Waals surface area contributed by atoms with E-state index in [0.29, 0.717) is 28.3 Å². The maximum Gasteiger partial charge on any atom is 0.272 e. The van der Waals surface area contributed by atoms with Crippen LogP contribution in [0, 0.1) is 0 Å². The van der Waals surface area contributed by atoms with Crippen molar-refractivity contribution in [1.82, 2.24) is 10.2 Å². The van der Waals surface area contributed by atoms with Gasteiger partial charge in [-0.05, 0) is 29.0 Å². The number of hydrogen-bond donors (Lipinski definition) is 2. The first-order valence-electron chi connectivity index (χ1n) is 9.27. The minimum atomic E-state index is -0.248. The number of benzene rings is 2. The molecule has 2 aromatic carbocycles. The summed E-state index contributed by atoms with van der Waals surface area (Å²) in [6.45, 7) is 8.47. The third-order valence-corrected chi connectivity index (χ3v) is 4.74. The number of hydrogen-bond acceptors (Lipinski definition) is 3. The highest BCUT2D eigenvalue weighted by Crippen LogP contribution is 2.32. The number of H-pyrrole nitrogens is 1. The molecule has 0 fully saturated rings. The number of aromatic amines is 1. The third kappa shape index (κ3) is 3.92. The maximum atomic E-state index is 12.8. The molecule has 0 radical (unpaired) electrons. The second kappa shape index (κ2) is 7.74. The van der Waals surface area contributed by atoms with Gasteiger partial charge in [-0.3, -0.25) is 9.59 Å². The Kier molecular flexibility index (Phi) is 5.40. The molecule has 0 aliphatic carbocycles. The molecule has 27 heavy (non-hydrogen) atoms. The topological polar surface area (TPSA) is 74.8 Å². The van der Waals surface area contributed by atoms with E-state index in [4.69, 9.17) is 0 Å². The van der Waals surface area contributed by atoms with E-state index in [-0.39, 0.29) is 17.9 Å². The van der Waals surface area contributed by atoms with Crippen LogP contribution in [0.4, 0.5) is 5.69 Å². The quantitative estimate of drug-likeness (QED) is 0.707. The second-order valence-corrected chi connectivity index (χ2v) is 7.39. The predicted molar refractivity (Wildman–Crippen MR) is 109 cm³/mol. The van der Waals surface area contributed by atoms with Crippen LogP contribution in [0.2, 0.25) is 0 Å². The van der Waals surface area contributed by atoms with Crippen molar-refractivity contribution in [3.05, 3.63) is 69.6 Å². The van der Waals surface area contributed by atoms with Gasteiger partial charge in [0, 0.05) is 11.1 Å². The molecule has 0 unspecified atom stereocenters. The van der Waals surface area contributed by atoms with Crippen molar-refractivity contribution in [2.75, 3.05) is 5.32 Å². The zero-order valence-corrected chi connectivity index (χ0v) is 16.2. The van der Waals surface area contributed by atoms with E-state index in [0.717, 1.165) is 16.8 Å². The molecule has 0 spiro atoms. The number of nitrogens with one attached hydrogen (secondary N) is 2. The Morgan fingerprint density at radius 1 is 0.963 bits per heavy atom. The average molecular weight is 363 g/mol. The summed E-state index contributed by atoms with van der Waals surface area (Å²) in [5.74, 6) is 0.451. The van der Waals surface area contributed by atoms with Crippen LogP contribution >= 0.6 is 0 Å². The Labute approximate surface area is 158 Å².